The van der Waals surface area contributed by atoms with Gasteiger partial charge in [0.2, 0.25) is 5.78 Å². The first-order valence-corrected chi connectivity index (χ1v) is 8.95. The third-order valence-electron chi connectivity index (χ3n) is 4.61. The first-order chi connectivity index (χ1) is 13.5. The van der Waals surface area contributed by atoms with Gasteiger partial charge in [-0.3, -0.25) is 14.9 Å². The van der Waals surface area contributed by atoms with Crippen LogP contribution in [0.4, 0.5) is 15.8 Å². The summed E-state index contributed by atoms with van der Waals surface area (Å²) in [5.74, 6) is -2.27. The zero-order chi connectivity index (χ0) is 20.1. The van der Waals surface area contributed by atoms with E-state index in [-0.39, 0.29) is 16.8 Å². The van der Waals surface area contributed by atoms with Crippen LogP contribution in [0.3, 0.4) is 0 Å². The quantitative estimate of drug-likeness (QED) is 0.325. The lowest BCUT2D eigenvalue weighted by molar-refractivity contribution is -0.384. The first-order valence-electron chi connectivity index (χ1n) is 8.95. The number of halogens is 1. The number of ether oxygens (including phenoxy) is 1. The molecule has 0 atom stereocenters. The maximum absolute atomic E-state index is 13.6. The van der Waals surface area contributed by atoms with Crippen molar-refractivity contribution < 1.29 is 23.6 Å². The maximum atomic E-state index is 13.6. The number of piperidine rings is 1. The largest absolute Gasteiger partial charge is 0.454 e. The Morgan fingerprint density at radius 3 is 2.50 bits per heavy atom. The van der Waals surface area contributed by atoms with Crippen molar-refractivity contribution in [1.82, 2.24) is 0 Å². The number of hydrogen-bond donors (Lipinski definition) is 0. The molecule has 0 saturated carbocycles. The van der Waals surface area contributed by atoms with E-state index in [9.17, 15) is 24.1 Å². The molecule has 0 bridgehead atoms. The van der Waals surface area contributed by atoms with Crippen molar-refractivity contribution in [2.24, 2.45) is 0 Å². The van der Waals surface area contributed by atoms with Crippen molar-refractivity contribution in [3.05, 3.63) is 69.5 Å². The summed E-state index contributed by atoms with van der Waals surface area (Å²) in [6.45, 7) is 0.797. The fraction of sp³-hybridized carbons (Fsp3) is 0.300. The zero-order valence-electron chi connectivity index (χ0n) is 15.1. The van der Waals surface area contributed by atoms with Gasteiger partial charge in [-0.05, 0) is 43.5 Å². The molecule has 28 heavy (non-hydrogen) atoms. The third kappa shape index (κ3) is 4.33. The first kappa shape index (κ1) is 19.5. The highest BCUT2D eigenvalue weighted by atomic mass is 19.1. The van der Waals surface area contributed by atoms with E-state index < -0.39 is 29.1 Å². The number of carbonyl (C=O) groups excluding carboxylic acids is 2. The van der Waals surface area contributed by atoms with Gasteiger partial charge < -0.3 is 9.64 Å². The van der Waals surface area contributed by atoms with Crippen molar-refractivity contribution in [3.8, 4) is 0 Å². The summed E-state index contributed by atoms with van der Waals surface area (Å²) < 4.78 is 18.5. The summed E-state index contributed by atoms with van der Waals surface area (Å²) in [5.41, 5.74) is 0.0657. The monoisotopic (exact) mass is 386 g/mol. The van der Waals surface area contributed by atoms with Gasteiger partial charge in [0.25, 0.3) is 5.69 Å². The Hall–Kier alpha value is -3.29. The lowest BCUT2D eigenvalue weighted by Gasteiger charge is -2.28. The lowest BCUT2D eigenvalue weighted by Crippen LogP contribution is -2.30. The minimum Gasteiger partial charge on any atom is -0.454 e. The number of nitro groups is 1. The Kier molecular flexibility index (Phi) is 5.98. The van der Waals surface area contributed by atoms with Gasteiger partial charge in [-0.25, -0.2) is 9.18 Å². The minimum absolute atomic E-state index is 0.0335. The van der Waals surface area contributed by atoms with Crippen LogP contribution in [0.2, 0.25) is 0 Å². The summed E-state index contributed by atoms with van der Waals surface area (Å²) in [6, 6.07) is 9.49. The van der Waals surface area contributed by atoms with Crippen LogP contribution in [0.1, 0.15) is 40.0 Å². The van der Waals surface area contributed by atoms with Crippen LogP contribution < -0.4 is 4.90 Å². The highest BCUT2D eigenvalue weighted by molar-refractivity contribution is 5.99. The van der Waals surface area contributed by atoms with E-state index in [1.807, 2.05) is 4.90 Å². The molecule has 0 radical (unpaired) electrons. The molecule has 1 heterocycles. The number of carbonyl (C=O) groups is 2. The number of nitro benzene ring substituents is 1. The Labute approximate surface area is 160 Å². The smallest absolute Gasteiger partial charge is 0.338 e. The van der Waals surface area contributed by atoms with Crippen molar-refractivity contribution in [1.29, 1.82) is 0 Å². The van der Waals surface area contributed by atoms with E-state index in [2.05, 4.69) is 0 Å². The number of anilines is 1. The third-order valence-corrected chi connectivity index (χ3v) is 4.61. The van der Waals surface area contributed by atoms with Gasteiger partial charge in [-0.2, -0.15) is 0 Å². The second-order valence-corrected chi connectivity index (χ2v) is 6.49. The molecule has 0 N–H and O–H groups in total. The Morgan fingerprint density at radius 1 is 1.11 bits per heavy atom. The Bertz CT molecular complexity index is 909. The summed E-state index contributed by atoms with van der Waals surface area (Å²) in [6.07, 6.45) is 3.00. The predicted octanol–water partition coefficient (Wildman–Crippen LogP) is 3.76. The van der Waals surface area contributed by atoms with Gasteiger partial charge in [-0.1, -0.05) is 12.1 Å². The number of ketones is 1. The molecule has 8 heteroatoms. The lowest BCUT2D eigenvalue weighted by atomic mass is 10.1. The molecule has 146 valence electrons. The van der Waals surface area contributed by atoms with Gasteiger partial charge in [0.05, 0.1) is 16.1 Å². The minimum atomic E-state index is -0.877. The molecule has 1 aliphatic heterocycles. The predicted molar refractivity (Wildman–Crippen MR) is 100 cm³/mol. The summed E-state index contributed by atoms with van der Waals surface area (Å²) >= 11 is 0. The van der Waals surface area contributed by atoms with Crippen LogP contribution in [0, 0.1) is 15.9 Å². The molecule has 0 aliphatic carbocycles. The van der Waals surface area contributed by atoms with Gasteiger partial charge >= 0.3 is 5.97 Å². The number of Topliss-reactive ketones (excluding diaryl/α,β-unsaturated/α-hetero) is 1. The van der Waals surface area contributed by atoms with Crippen molar-refractivity contribution in [3.63, 3.8) is 0 Å². The van der Waals surface area contributed by atoms with Gasteiger partial charge in [-0.15, -0.1) is 0 Å². The van der Waals surface area contributed by atoms with Crippen LogP contribution in [-0.4, -0.2) is 36.4 Å². The topological polar surface area (TPSA) is 89.8 Å². The second-order valence-electron chi connectivity index (χ2n) is 6.49. The SMILES string of the molecule is O=C(OCC(=O)c1ccccc1F)c1ccc(N2CCCCC2)c([N+](=O)[O-])c1. The van der Waals surface area contributed by atoms with Crippen LogP contribution in [-0.2, 0) is 4.74 Å². The molecule has 1 fully saturated rings. The highest BCUT2D eigenvalue weighted by Gasteiger charge is 2.24. The number of nitrogens with zero attached hydrogens (tertiary/aromatic N) is 2. The highest BCUT2D eigenvalue weighted by Crippen LogP contribution is 2.31. The molecule has 1 aliphatic rings. The summed E-state index contributed by atoms with van der Waals surface area (Å²) in [5, 5.41) is 11.5. The number of benzene rings is 2. The molecule has 0 amide bonds. The molecule has 3 rings (SSSR count). The fourth-order valence-electron chi connectivity index (χ4n) is 3.18. The van der Waals surface area contributed by atoms with Crippen LogP contribution in [0.25, 0.3) is 0 Å². The zero-order valence-corrected chi connectivity index (χ0v) is 15.1. The summed E-state index contributed by atoms with van der Waals surface area (Å²) in [4.78, 5) is 37.1. The maximum Gasteiger partial charge on any atom is 0.338 e. The van der Waals surface area contributed by atoms with Crippen LogP contribution in [0.15, 0.2) is 42.5 Å². The van der Waals surface area contributed by atoms with Crippen molar-refractivity contribution >= 4 is 23.1 Å². The average molecular weight is 386 g/mol. The molecular weight excluding hydrogens is 367 g/mol. The van der Waals surface area contributed by atoms with Crippen LogP contribution in [0.5, 0.6) is 0 Å². The van der Waals surface area contributed by atoms with Gasteiger partial charge in [0.1, 0.15) is 11.5 Å². The molecule has 0 spiro atoms. The molecule has 1 saturated heterocycles. The standard InChI is InChI=1S/C20H19FN2O5/c21-16-7-3-2-6-15(16)19(24)13-28-20(25)14-8-9-17(18(12-14)23(26)27)22-10-4-1-5-11-22/h2-3,6-9,12H,1,4-5,10-11,13H2. The van der Waals surface area contributed by atoms with Gasteiger partial charge in [0.15, 0.2) is 6.61 Å². The fourth-order valence-corrected chi connectivity index (χ4v) is 3.18. The number of rotatable bonds is 6. The molecule has 2 aromatic carbocycles. The van der Waals surface area contributed by atoms with E-state index in [0.29, 0.717) is 5.69 Å². The van der Waals surface area contributed by atoms with E-state index in [1.54, 1.807) is 0 Å². The van der Waals surface area contributed by atoms with Gasteiger partial charge in [0, 0.05) is 19.2 Å². The normalized spacial score (nSPS) is 13.8. The number of esters is 1. The Morgan fingerprint density at radius 2 is 1.82 bits per heavy atom. The van der Waals surface area contributed by atoms with E-state index in [1.165, 1.54) is 30.3 Å². The second kappa shape index (κ2) is 8.60. The van der Waals surface area contributed by atoms with E-state index >= 15 is 0 Å². The van der Waals surface area contributed by atoms with E-state index in [4.69, 9.17) is 4.74 Å². The average Bonchev–Trinajstić information content (AvgIpc) is 2.72. The van der Waals surface area contributed by atoms with E-state index in [0.717, 1.165) is 44.5 Å². The molecule has 0 unspecified atom stereocenters. The molecule has 0 aromatic heterocycles. The Balaban J connectivity index is 1.73. The molecule has 7 nitrogen and oxygen atoms in total. The summed E-state index contributed by atoms with van der Waals surface area (Å²) in [7, 11) is 0. The molecular formula is C20H19FN2O5. The number of hydrogen-bond acceptors (Lipinski definition) is 6. The molecule has 2 aromatic rings. The van der Waals surface area contributed by atoms with Crippen molar-refractivity contribution in [2.75, 3.05) is 24.6 Å². The van der Waals surface area contributed by atoms with Crippen LogP contribution >= 0.6 is 0 Å². The van der Waals surface area contributed by atoms with Crippen molar-refractivity contribution in [2.45, 2.75) is 19.3 Å².